The average Bonchev–Trinajstić information content (AvgIpc) is 2.34. The first-order chi connectivity index (χ1) is 4.74. The Labute approximate surface area is 111 Å². The number of carboxylic acid groups (broad SMARTS) is 1. The monoisotopic (exact) mass is 196 g/mol. The summed E-state index contributed by atoms with van der Waals surface area (Å²) < 4.78 is 4.77. The molecule has 1 aromatic heterocycles. The zero-order valence-electron chi connectivity index (χ0n) is 6.29. The van der Waals surface area contributed by atoms with E-state index in [2.05, 4.69) is 0 Å². The van der Waals surface area contributed by atoms with Crippen LogP contribution in [0.4, 0.5) is 0 Å². The van der Waals surface area contributed by atoms with Gasteiger partial charge in [-0.25, -0.2) is 0 Å². The van der Waals surface area contributed by atoms with E-state index in [-0.39, 0.29) is 56.9 Å². The normalized spacial score (nSPS) is 8.45. The molecule has 0 amide bonds. The predicted octanol–water partition coefficient (Wildman–Crippen LogP) is -2.88. The third kappa shape index (κ3) is 3.23. The first kappa shape index (κ1) is 11.6. The minimum atomic E-state index is -1.17. The van der Waals surface area contributed by atoms with Crippen molar-refractivity contribution in [2.75, 3.05) is 7.11 Å². The van der Waals surface area contributed by atoms with Gasteiger partial charge in [0, 0.05) is 17.0 Å². The fourth-order valence-corrected chi connectivity index (χ4v) is 1.23. The number of methoxy groups -OCH3 is 1. The van der Waals surface area contributed by atoms with Crippen molar-refractivity contribution in [3.8, 4) is 5.06 Å². The second kappa shape index (κ2) is 5.29. The van der Waals surface area contributed by atoms with Crippen LogP contribution in [-0.4, -0.2) is 13.1 Å². The van der Waals surface area contributed by atoms with Crippen LogP contribution in [0.5, 0.6) is 5.06 Å². The van der Waals surface area contributed by atoms with Crippen molar-refractivity contribution in [1.29, 1.82) is 0 Å². The Hall–Kier alpha value is 0.606. The molecule has 0 radical (unpaired) electrons. The van der Waals surface area contributed by atoms with E-state index in [1.165, 1.54) is 29.9 Å². The Kier molecular flexibility index (Phi) is 5.58. The van der Waals surface area contributed by atoms with E-state index < -0.39 is 5.97 Å². The number of aromatic carboxylic acids is 1. The maximum atomic E-state index is 10.2. The number of carbonyl (C=O) groups excluding carboxylic acids is 1. The number of carbonyl (C=O) groups is 1. The molecule has 54 valence electrons. The Balaban J connectivity index is 0.000001000. The number of carboxylic acids is 1. The van der Waals surface area contributed by atoms with Crippen molar-refractivity contribution in [2.24, 2.45) is 0 Å². The molecule has 0 aliphatic heterocycles. The van der Waals surface area contributed by atoms with Gasteiger partial charge in [-0.15, -0.1) is 11.3 Å². The molecule has 11 heavy (non-hydrogen) atoms. The molecule has 0 aliphatic carbocycles. The fraction of sp³-hybridized carbons (Fsp3) is 0.167. The Morgan fingerprint density at radius 3 is 2.64 bits per heavy atom. The van der Waals surface area contributed by atoms with Gasteiger partial charge in [0.25, 0.3) is 0 Å². The molecule has 1 aromatic rings. The fourth-order valence-electron chi connectivity index (χ4n) is 0.531. The van der Waals surface area contributed by atoms with Gasteiger partial charge in [-0.05, 0) is 0 Å². The summed E-state index contributed by atoms with van der Waals surface area (Å²) in [5.41, 5.74) is 0.168. The molecule has 0 saturated heterocycles. The van der Waals surface area contributed by atoms with Crippen molar-refractivity contribution in [2.45, 2.75) is 0 Å². The molecule has 5 heteroatoms. The second-order valence-electron chi connectivity index (χ2n) is 1.65. The summed E-state index contributed by atoms with van der Waals surface area (Å²) in [6, 6.07) is 1.43. The minimum absolute atomic E-state index is 0. The maximum Gasteiger partial charge on any atom is 1.00 e. The van der Waals surface area contributed by atoms with Crippen molar-refractivity contribution in [3.05, 3.63) is 17.0 Å². The van der Waals surface area contributed by atoms with Crippen LogP contribution in [0.15, 0.2) is 11.4 Å². The molecule has 0 spiro atoms. The molecule has 0 saturated carbocycles. The first-order valence-corrected chi connectivity index (χ1v) is 3.46. The molecule has 0 N–H and O–H groups in total. The topological polar surface area (TPSA) is 49.4 Å². The summed E-state index contributed by atoms with van der Waals surface area (Å²) in [5.74, 6) is -1.17. The van der Waals surface area contributed by atoms with Crippen LogP contribution in [0, 0.1) is 0 Å². The van der Waals surface area contributed by atoms with E-state index in [0.29, 0.717) is 5.06 Å². The summed E-state index contributed by atoms with van der Waals surface area (Å²) in [7, 11) is 1.49. The largest absolute Gasteiger partial charge is 1.00 e. The Morgan fingerprint density at radius 2 is 2.36 bits per heavy atom. The zero-order chi connectivity index (χ0) is 7.56. The number of hydrogen-bond donors (Lipinski definition) is 0. The van der Waals surface area contributed by atoms with E-state index in [9.17, 15) is 9.90 Å². The van der Waals surface area contributed by atoms with Gasteiger partial charge in [0.15, 0.2) is 5.06 Å². The minimum Gasteiger partial charge on any atom is -0.545 e. The summed E-state index contributed by atoms with van der Waals surface area (Å²) in [6.07, 6.45) is 0. The molecule has 0 fully saturated rings. The van der Waals surface area contributed by atoms with E-state index in [1.54, 1.807) is 0 Å². The smallest absolute Gasteiger partial charge is 0.545 e. The van der Waals surface area contributed by atoms with Gasteiger partial charge in [-0.3, -0.25) is 0 Å². The van der Waals surface area contributed by atoms with Gasteiger partial charge < -0.3 is 14.6 Å². The molecule has 1 heterocycles. The summed E-state index contributed by atoms with van der Waals surface area (Å²) in [5, 5.41) is 12.2. The molecule has 0 aliphatic rings. The molecule has 0 bridgehead atoms. The van der Waals surface area contributed by atoms with Crippen LogP contribution in [0.1, 0.15) is 10.4 Å². The number of rotatable bonds is 2. The van der Waals surface area contributed by atoms with Crippen LogP contribution in [0.25, 0.3) is 0 Å². The van der Waals surface area contributed by atoms with Crippen molar-refractivity contribution >= 4 is 17.3 Å². The molecule has 0 atom stereocenters. The van der Waals surface area contributed by atoms with Crippen LogP contribution < -0.4 is 61.2 Å². The van der Waals surface area contributed by atoms with Gasteiger partial charge in [0.2, 0.25) is 0 Å². The van der Waals surface area contributed by atoms with E-state index in [0.717, 1.165) is 0 Å². The molecule has 1 rings (SSSR count). The average molecular weight is 196 g/mol. The maximum absolute atomic E-state index is 10.2. The quantitative estimate of drug-likeness (QED) is 0.478. The summed E-state index contributed by atoms with van der Waals surface area (Å²) in [6.45, 7) is 0. The van der Waals surface area contributed by atoms with Crippen LogP contribution in [-0.2, 0) is 0 Å². The van der Waals surface area contributed by atoms with E-state index in [1.807, 2.05) is 0 Å². The standard InChI is InChI=1S/C6H6O3S.K/c1-9-5-2-4(3-10-5)6(7)8;/h2-3H,1H3,(H,7,8);/q;+1/p-1. The second-order valence-corrected chi connectivity index (χ2v) is 2.52. The van der Waals surface area contributed by atoms with Gasteiger partial charge in [0.1, 0.15) is 0 Å². The van der Waals surface area contributed by atoms with Crippen LogP contribution >= 0.6 is 11.3 Å². The molecule has 3 nitrogen and oxygen atoms in total. The van der Waals surface area contributed by atoms with Gasteiger partial charge in [-0.1, -0.05) is 0 Å². The number of hydrogen-bond acceptors (Lipinski definition) is 4. The Morgan fingerprint density at radius 1 is 1.73 bits per heavy atom. The first-order valence-electron chi connectivity index (χ1n) is 2.58. The molecular weight excluding hydrogens is 191 g/mol. The van der Waals surface area contributed by atoms with Crippen molar-refractivity contribution < 1.29 is 66.0 Å². The molecular formula is C6H5KO3S. The van der Waals surface area contributed by atoms with Crippen molar-refractivity contribution in [1.82, 2.24) is 0 Å². The van der Waals surface area contributed by atoms with Gasteiger partial charge >= 0.3 is 51.4 Å². The summed E-state index contributed by atoms with van der Waals surface area (Å²) >= 11 is 1.23. The molecule has 0 aromatic carbocycles. The van der Waals surface area contributed by atoms with E-state index in [4.69, 9.17) is 4.74 Å². The number of thiophene rings is 1. The molecule has 0 unspecified atom stereocenters. The summed E-state index contributed by atoms with van der Waals surface area (Å²) in [4.78, 5) is 10.2. The third-order valence-corrected chi connectivity index (χ3v) is 1.90. The number of ether oxygens (including phenoxy) is 1. The third-order valence-electron chi connectivity index (χ3n) is 1.01. The Bertz CT molecular complexity index is 246. The van der Waals surface area contributed by atoms with Crippen LogP contribution in [0.3, 0.4) is 0 Å². The van der Waals surface area contributed by atoms with Crippen molar-refractivity contribution in [3.63, 3.8) is 0 Å². The van der Waals surface area contributed by atoms with E-state index >= 15 is 0 Å². The zero-order valence-corrected chi connectivity index (χ0v) is 10.2. The van der Waals surface area contributed by atoms with Gasteiger partial charge in [-0.2, -0.15) is 0 Å². The predicted molar refractivity (Wildman–Crippen MR) is 35.2 cm³/mol. The van der Waals surface area contributed by atoms with Crippen LogP contribution in [0.2, 0.25) is 0 Å². The van der Waals surface area contributed by atoms with Gasteiger partial charge in [0.05, 0.1) is 13.1 Å². The SMILES string of the molecule is COc1cc(C(=O)[O-])cs1.[K+].